The second kappa shape index (κ2) is 5.02. The van der Waals surface area contributed by atoms with Crippen LogP contribution in [0.15, 0.2) is 17.8 Å². The standard InChI is InChI=1S/C14H21N3S/c1-10-3-2-4-11(7-10)13(15)8-12-9-17-5-6-18-14(17)16-12/h5-6,9-11,13H,2-4,7-8,15H2,1H3. The van der Waals surface area contributed by atoms with Crippen LogP contribution in [-0.2, 0) is 6.42 Å². The molecule has 0 radical (unpaired) electrons. The van der Waals surface area contributed by atoms with Gasteiger partial charge < -0.3 is 5.73 Å². The van der Waals surface area contributed by atoms with E-state index in [4.69, 9.17) is 5.73 Å². The van der Waals surface area contributed by atoms with E-state index in [0.717, 1.165) is 23.0 Å². The molecule has 0 saturated heterocycles. The Kier molecular flexibility index (Phi) is 3.39. The fraction of sp³-hybridized carbons (Fsp3) is 0.643. The van der Waals surface area contributed by atoms with Crippen LogP contribution in [0.3, 0.4) is 0 Å². The minimum Gasteiger partial charge on any atom is -0.327 e. The molecule has 0 aliphatic heterocycles. The van der Waals surface area contributed by atoms with Crippen molar-refractivity contribution in [3.05, 3.63) is 23.5 Å². The molecule has 0 spiro atoms. The largest absolute Gasteiger partial charge is 0.327 e. The molecule has 3 atom stereocenters. The van der Waals surface area contributed by atoms with Crippen LogP contribution in [0.4, 0.5) is 0 Å². The third kappa shape index (κ3) is 2.45. The lowest BCUT2D eigenvalue weighted by Gasteiger charge is -2.30. The number of rotatable bonds is 3. The van der Waals surface area contributed by atoms with E-state index in [9.17, 15) is 0 Å². The summed E-state index contributed by atoms with van der Waals surface area (Å²) in [6, 6.07) is 0.275. The number of nitrogens with zero attached hydrogens (tertiary/aromatic N) is 2. The molecule has 4 heteroatoms. The first-order chi connectivity index (χ1) is 8.72. The Balaban J connectivity index is 1.66. The topological polar surface area (TPSA) is 43.3 Å². The second-order valence-corrected chi connectivity index (χ2v) is 6.60. The number of aromatic nitrogens is 2. The molecule has 2 heterocycles. The molecule has 3 rings (SSSR count). The summed E-state index contributed by atoms with van der Waals surface area (Å²) in [5, 5.41) is 2.06. The van der Waals surface area contributed by atoms with Gasteiger partial charge in [0.15, 0.2) is 4.96 Å². The minimum absolute atomic E-state index is 0.275. The molecule has 1 fully saturated rings. The molecular weight excluding hydrogens is 242 g/mol. The summed E-state index contributed by atoms with van der Waals surface area (Å²) < 4.78 is 2.09. The van der Waals surface area contributed by atoms with Crippen LogP contribution in [0, 0.1) is 11.8 Å². The van der Waals surface area contributed by atoms with E-state index in [1.165, 1.54) is 25.7 Å². The summed E-state index contributed by atoms with van der Waals surface area (Å²) >= 11 is 1.68. The molecule has 98 valence electrons. The lowest BCUT2D eigenvalue weighted by Crippen LogP contribution is -2.35. The van der Waals surface area contributed by atoms with Crippen LogP contribution in [0.1, 0.15) is 38.3 Å². The van der Waals surface area contributed by atoms with Gasteiger partial charge in [0.05, 0.1) is 5.69 Å². The van der Waals surface area contributed by atoms with Crippen LogP contribution in [0.25, 0.3) is 4.96 Å². The predicted molar refractivity (Wildman–Crippen MR) is 75.9 cm³/mol. The number of fused-ring (bicyclic) bond motifs is 1. The summed E-state index contributed by atoms with van der Waals surface area (Å²) in [5.41, 5.74) is 7.53. The number of hydrogen-bond donors (Lipinski definition) is 1. The van der Waals surface area contributed by atoms with Crippen LogP contribution >= 0.6 is 11.3 Å². The third-order valence-corrected chi connectivity index (χ3v) is 4.94. The fourth-order valence-corrected chi connectivity index (χ4v) is 3.87. The molecular formula is C14H21N3S. The van der Waals surface area contributed by atoms with Crippen LogP contribution in [-0.4, -0.2) is 15.4 Å². The van der Waals surface area contributed by atoms with Crippen molar-refractivity contribution < 1.29 is 0 Å². The van der Waals surface area contributed by atoms with E-state index in [1.54, 1.807) is 11.3 Å². The zero-order chi connectivity index (χ0) is 12.5. The SMILES string of the molecule is CC1CCCC(C(N)Cc2cn3ccsc3n2)C1. The van der Waals surface area contributed by atoms with E-state index in [0.29, 0.717) is 5.92 Å². The number of thiazole rings is 1. The molecule has 1 aliphatic rings. The van der Waals surface area contributed by atoms with Crippen molar-refractivity contribution in [2.45, 2.75) is 45.1 Å². The Labute approximate surface area is 112 Å². The molecule has 0 bridgehead atoms. The van der Waals surface area contributed by atoms with Gasteiger partial charge in [-0.2, -0.15) is 0 Å². The lowest BCUT2D eigenvalue weighted by atomic mass is 9.78. The van der Waals surface area contributed by atoms with Gasteiger partial charge in [0.2, 0.25) is 0 Å². The Morgan fingerprint density at radius 2 is 2.44 bits per heavy atom. The van der Waals surface area contributed by atoms with Gasteiger partial charge in [-0.15, -0.1) is 11.3 Å². The highest BCUT2D eigenvalue weighted by Crippen LogP contribution is 2.31. The Hall–Kier alpha value is -0.870. The van der Waals surface area contributed by atoms with Crippen LogP contribution in [0.5, 0.6) is 0 Å². The van der Waals surface area contributed by atoms with Crippen molar-refractivity contribution in [2.75, 3.05) is 0 Å². The third-order valence-electron chi connectivity index (χ3n) is 4.17. The predicted octanol–water partition coefficient (Wildman–Crippen LogP) is 3.09. The summed E-state index contributed by atoms with van der Waals surface area (Å²) in [7, 11) is 0. The summed E-state index contributed by atoms with van der Waals surface area (Å²) in [5.74, 6) is 1.54. The Morgan fingerprint density at radius 1 is 1.56 bits per heavy atom. The normalized spacial score (nSPS) is 26.6. The molecule has 2 N–H and O–H groups in total. The van der Waals surface area contributed by atoms with E-state index >= 15 is 0 Å². The molecule has 1 saturated carbocycles. The molecule has 0 amide bonds. The van der Waals surface area contributed by atoms with Gasteiger partial charge in [0, 0.05) is 30.2 Å². The maximum absolute atomic E-state index is 6.39. The maximum atomic E-state index is 6.39. The van der Waals surface area contributed by atoms with Crippen molar-refractivity contribution >= 4 is 16.3 Å². The quantitative estimate of drug-likeness (QED) is 0.924. The average molecular weight is 263 g/mol. The fourth-order valence-electron chi connectivity index (χ4n) is 3.15. The van der Waals surface area contributed by atoms with Crippen molar-refractivity contribution in [1.82, 2.24) is 9.38 Å². The molecule has 18 heavy (non-hydrogen) atoms. The first kappa shape index (κ1) is 12.2. The van der Waals surface area contributed by atoms with Gasteiger partial charge in [0.25, 0.3) is 0 Å². The number of imidazole rings is 1. The molecule has 0 aromatic carbocycles. The first-order valence-corrected chi connectivity index (χ1v) is 7.77. The molecule has 3 unspecified atom stereocenters. The van der Waals surface area contributed by atoms with Crippen molar-refractivity contribution in [3.8, 4) is 0 Å². The summed E-state index contributed by atoms with van der Waals surface area (Å²) in [4.78, 5) is 5.71. The minimum atomic E-state index is 0.275. The van der Waals surface area contributed by atoms with E-state index in [-0.39, 0.29) is 6.04 Å². The lowest BCUT2D eigenvalue weighted by molar-refractivity contribution is 0.245. The molecule has 1 aliphatic carbocycles. The van der Waals surface area contributed by atoms with E-state index < -0.39 is 0 Å². The van der Waals surface area contributed by atoms with Crippen molar-refractivity contribution in [3.63, 3.8) is 0 Å². The van der Waals surface area contributed by atoms with Crippen molar-refractivity contribution in [2.24, 2.45) is 17.6 Å². The van der Waals surface area contributed by atoms with Gasteiger partial charge in [-0.25, -0.2) is 4.98 Å². The number of hydrogen-bond acceptors (Lipinski definition) is 3. The smallest absolute Gasteiger partial charge is 0.193 e. The van der Waals surface area contributed by atoms with Crippen molar-refractivity contribution in [1.29, 1.82) is 0 Å². The zero-order valence-electron chi connectivity index (χ0n) is 10.9. The Bertz CT molecular complexity index is 487. The van der Waals surface area contributed by atoms with Gasteiger partial charge in [-0.3, -0.25) is 4.40 Å². The highest BCUT2D eigenvalue weighted by Gasteiger charge is 2.24. The highest BCUT2D eigenvalue weighted by molar-refractivity contribution is 7.15. The van der Waals surface area contributed by atoms with E-state index in [2.05, 4.69) is 34.1 Å². The first-order valence-electron chi connectivity index (χ1n) is 6.89. The van der Waals surface area contributed by atoms with Crippen LogP contribution in [0.2, 0.25) is 0 Å². The zero-order valence-corrected chi connectivity index (χ0v) is 11.7. The van der Waals surface area contributed by atoms with Gasteiger partial charge in [0.1, 0.15) is 0 Å². The molecule has 2 aromatic heterocycles. The Morgan fingerprint density at radius 3 is 3.22 bits per heavy atom. The van der Waals surface area contributed by atoms with Crippen LogP contribution < -0.4 is 5.73 Å². The van der Waals surface area contributed by atoms with Gasteiger partial charge in [-0.1, -0.05) is 19.8 Å². The summed E-state index contributed by atoms with van der Waals surface area (Å²) in [6.07, 6.45) is 10.4. The van der Waals surface area contributed by atoms with Gasteiger partial charge in [-0.05, 0) is 24.7 Å². The molecule has 3 nitrogen and oxygen atoms in total. The monoisotopic (exact) mass is 263 g/mol. The maximum Gasteiger partial charge on any atom is 0.193 e. The highest BCUT2D eigenvalue weighted by atomic mass is 32.1. The second-order valence-electron chi connectivity index (χ2n) is 5.72. The summed E-state index contributed by atoms with van der Waals surface area (Å²) in [6.45, 7) is 2.35. The van der Waals surface area contributed by atoms with E-state index in [1.807, 2.05) is 0 Å². The molecule has 2 aromatic rings. The number of nitrogens with two attached hydrogens (primary N) is 1. The van der Waals surface area contributed by atoms with Gasteiger partial charge >= 0.3 is 0 Å². The average Bonchev–Trinajstić information content (AvgIpc) is 2.89.